The minimum Gasteiger partial charge on any atom is -0.486 e. The maximum Gasteiger partial charge on any atom is 0.268 e. The first-order valence-electron chi connectivity index (χ1n) is 11.8. The molecule has 0 saturated heterocycles. The molecule has 1 N–H and O–H groups in total. The summed E-state index contributed by atoms with van der Waals surface area (Å²) in [5.41, 5.74) is 3.03. The van der Waals surface area contributed by atoms with Gasteiger partial charge < -0.3 is 14.8 Å². The number of para-hydroxylation sites is 1. The van der Waals surface area contributed by atoms with Crippen molar-refractivity contribution >= 4 is 39.1 Å². The van der Waals surface area contributed by atoms with E-state index in [2.05, 4.69) is 15.3 Å². The van der Waals surface area contributed by atoms with Crippen LogP contribution in [0, 0.1) is 0 Å². The molecule has 0 spiro atoms. The zero-order valence-corrected chi connectivity index (χ0v) is 21.7. The Bertz CT molecular complexity index is 1630. The summed E-state index contributed by atoms with van der Waals surface area (Å²) in [6.07, 6.45) is 1.33. The molecule has 0 atom stereocenters. The third-order valence-electron chi connectivity index (χ3n) is 6.06. The molecule has 2 aliphatic rings. The van der Waals surface area contributed by atoms with E-state index in [-0.39, 0.29) is 23.1 Å². The number of anilines is 2. The van der Waals surface area contributed by atoms with Gasteiger partial charge in [-0.15, -0.1) is 0 Å². The summed E-state index contributed by atoms with van der Waals surface area (Å²) >= 11 is 1.13. The van der Waals surface area contributed by atoms with Crippen molar-refractivity contribution in [3.05, 3.63) is 84.6 Å². The van der Waals surface area contributed by atoms with Gasteiger partial charge in [0.25, 0.3) is 10.0 Å². The predicted octanol–water partition coefficient (Wildman–Crippen LogP) is 4.35. The summed E-state index contributed by atoms with van der Waals surface area (Å²) in [7, 11) is -3.89. The molecule has 0 fully saturated rings. The molecule has 38 heavy (non-hydrogen) atoms. The second-order valence-corrected chi connectivity index (χ2v) is 11.3. The lowest BCUT2D eigenvalue weighted by atomic mass is 10.1. The topological polar surface area (TPSA) is 111 Å². The SMILES string of the molecule is O=C(CSc1ncc2c(n1)-c1ccccc1N(Cc1ccccc1)S2(=O)=O)Nc1ccc2c(c1)OCCO2. The van der Waals surface area contributed by atoms with Crippen LogP contribution in [0.5, 0.6) is 11.5 Å². The van der Waals surface area contributed by atoms with Gasteiger partial charge in [0.15, 0.2) is 16.7 Å². The Hall–Kier alpha value is -4.09. The van der Waals surface area contributed by atoms with Crippen LogP contribution < -0.4 is 19.1 Å². The first-order chi connectivity index (χ1) is 18.5. The van der Waals surface area contributed by atoms with E-state index < -0.39 is 10.0 Å². The minimum atomic E-state index is -3.89. The van der Waals surface area contributed by atoms with Gasteiger partial charge in [-0.3, -0.25) is 9.10 Å². The molecule has 9 nitrogen and oxygen atoms in total. The van der Waals surface area contributed by atoms with Gasteiger partial charge in [-0.05, 0) is 23.8 Å². The van der Waals surface area contributed by atoms with Crippen molar-refractivity contribution in [3.8, 4) is 22.8 Å². The summed E-state index contributed by atoms with van der Waals surface area (Å²) in [6, 6.07) is 21.9. The second-order valence-electron chi connectivity index (χ2n) is 8.58. The van der Waals surface area contributed by atoms with Crippen LogP contribution in [0.15, 0.2) is 89.0 Å². The largest absolute Gasteiger partial charge is 0.486 e. The van der Waals surface area contributed by atoms with Gasteiger partial charge in [0.05, 0.1) is 29.9 Å². The van der Waals surface area contributed by atoms with Crippen LogP contribution in [0.1, 0.15) is 5.56 Å². The van der Waals surface area contributed by atoms with Crippen molar-refractivity contribution in [3.63, 3.8) is 0 Å². The molecular weight excluding hydrogens is 524 g/mol. The van der Waals surface area contributed by atoms with Crippen LogP contribution in [0.4, 0.5) is 11.4 Å². The number of aromatic nitrogens is 2. The predicted molar refractivity (Wildman–Crippen MR) is 144 cm³/mol. The quantitative estimate of drug-likeness (QED) is 0.281. The van der Waals surface area contributed by atoms with E-state index in [1.54, 1.807) is 30.3 Å². The number of carbonyl (C=O) groups is 1. The molecular formula is C27H22N4O5S2. The van der Waals surface area contributed by atoms with Crippen LogP contribution >= 0.6 is 11.8 Å². The average Bonchev–Trinajstić information content (AvgIpc) is 2.94. The third kappa shape index (κ3) is 4.66. The van der Waals surface area contributed by atoms with Crippen LogP contribution in [0.3, 0.4) is 0 Å². The van der Waals surface area contributed by atoms with Crippen LogP contribution in [-0.4, -0.2) is 43.3 Å². The molecule has 1 aromatic heterocycles. The van der Waals surface area contributed by atoms with E-state index in [0.29, 0.717) is 52.5 Å². The Balaban J connectivity index is 1.22. The number of fused-ring (bicyclic) bond motifs is 4. The van der Waals surface area contributed by atoms with Gasteiger partial charge in [-0.1, -0.05) is 60.3 Å². The number of thioether (sulfide) groups is 1. The maximum atomic E-state index is 13.6. The van der Waals surface area contributed by atoms with Crippen LogP contribution in [0.2, 0.25) is 0 Å². The van der Waals surface area contributed by atoms with E-state index in [0.717, 1.165) is 17.3 Å². The average molecular weight is 547 g/mol. The molecule has 1 amide bonds. The van der Waals surface area contributed by atoms with Gasteiger partial charge >= 0.3 is 0 Å². The highest BCUT2D eigenvalue weighted by molar-refractivity contribution is 7.99. The van der Waals surface area contributed by atoms with Crippen LogP contribution in [-0.2, 0) is 21.4 Å². The molecule has 0 aliphatic carbocycles. The summed E-state index contributed by atoms with van der Waals surface area (Å²) < 4.78 is 39.7. The molecule has 0 bridgehead atoms. The van der Waals surface area contributed by atoms with Crippen molar-refractivity contribution in [2.75, 3.05) is 28.6 Å². The highest BCUT2D eigenvalue weighted by atomic mass is 32.2. The normalized spacial score (nSPS) is 14.8. The lowest BCUT2D eigenvalue weighted by Crippen LogP contribution is -2.34. The zero-order chi connectivity index (χ0) is 26.1. The van der Waals surface area contributed by atoms with E-state index in [9.17, 15) is 13.2 Å². The molecule has 3 aromatic carbocycles. The van der Waals surface area contributed by atoms with Crippen molar-refractivity contribution in [2.45, 2.75) is 16.6 Å². The Morgan fingerprint density at radius 2 is 1.74 bits per heavy atom. The third-order valence-corrected chi connectivity index (χ3v) is 8.68. The Morgan fingerprint density at radius 1 is 0.974 bits per heavy atom. The molecule has 0 saturated carbocycles. The number of rotatable bonds is 6. The van der Waals surface area contributed by atoms with Gasteiger partial charge in [0.1, 0.15) is 18.1 Å². The summed E-state index contributed by atoms with van der Waals surface area (Å²) in [4.78, 5) is 21.5. The van der Waals surface area contributed by atoms with Gasteiger partial charge in [-0.2, -0.15) is 0 Å². The molecule has 4 aromatic rings. The smallest absolute Gasteiger partial charge is 0.268 e. The number of sulfonamides is 1. The monoisotopic (exact) mass is 546 g/mol. The fourth-order valence-electron chi connectivity index (χ4n) is 4.31. The Kier molecular flexibility index (Phi) is 6.38. The van der Waals surface area contributed by atoms with Crippen molar-refractivity contribution in [1.29, 1.82) is 0 Å². The first-order valence-corrected chi connectivity index (χ1v) is 14.3. The van der Waals surface area contributed by atoms with Crippen molar-refractivity contribution in [1.82, 2.24) is 9.97 Å². The maximum absolute atomic E-state index is 13.6. The van der Waals surface area contributed by atoms with E-state index in [4.69, 9.17) is 9.47 Å². The fourth-order valence-corrected chi connectivity index (χ4v) is 6.49. The number of ether oxygens (including phenoxy) is 2. The number of carbonyl (C=O) groups excluding carboxylic acids is 1. The lowest BCUT2D eigenvalue weighted by Gasteiger charge is -2.31. The Morgan fingerprint density at radius 3 is 2.58 bits per heavy atom. The van der Waals surface area contributed by atoms with E-state index in [1.807, 2.05) is 42.5 Å². The van der Waals surface area contributed by atoms with Gasteiger partial charge in [0, 0.05) is 17.3 Å². The van der Waals surface area contributed by atoms with E-state index in [1.165, 1.54) is 10.5 Å². The van der Waals surface area contributed by atoms with Gasteiger partial charge in [-0.25, -0.2) is 18.4 Å². The number of hydrogen-bond acceptors (Lipinski definition) is 8. The number of benzene rings is 3. The number of amides is 1. The van der Waals surface area contributed by atoms with Crippen molar-refractivity contribution < 1.29 is 22.7 Å². The zero-order valence-electron chi connectivity index (χ0n) is 20.0. The second kappa shape index (κ2) is 9.99. The van der Waals surface area contributed by atoms with Gasteiger partial charge in [0.2, 0.25) is 5.91 Å². The standard InChI is InChI=1S/C27H22N4O5S2/c32-25(29-19-10-11-22-23(14-19)36-13-12-35-22)17-37-27-28-15-24-26(30-27)20-8-4-5-9-21(20)31(38(24,33)34)16-18-6-2-1-3-7-18/h1-11,14-15H,12-13,16-17H2,(H,29,32). The minimum absolute atomic E-state index is 0.0391. The highest BCUT2D eigenvalue weighted by Gasteiger charge is 2.36. The summed E-state index contributed by atoms with van der Waals surface area (Å²) in [6.45, 7) is 1.14. The molecule has 2 aliphatic heterocycles. The summed E-state index contributed by atoms with van der Waals surface area (Å²) in [5.74, 6) is 1.02. The number of nitrogens with one attached hydrogen (secondary N) is 1. The molecule has 11 heteroatoms. The number of nitrogens with zero attached hydrogens (tertiary/aromatic N) is 3. The molecule has 192 valence electrons. The fraction of sp³-hybridized carbons (Fsp3) is 0.148. The molecule has 3 heterocycles. The highest BCUT2D eigenvalue weighted by Crippen LogP contribution is 2.42. The summed E-state index contributed by atoms with van der Waals surface area (Å²) in [5, 5.41) is 3.14. The first kappa shape index (κ1) is 24.3. The Labute approximate surface area is 223 Å². The molecule has 6 rings (SSSR count). The van der Waals surface area contributed by atoms with E-state index >= 15 is 0 Å². The lowest BCUT2D eigenvalue weighted by molar-refractivity contribution is -0.113. The molecule has 0 unspecified atom stereocenters. The molecule has 0 radical (unpaired) electrons. The van der Waals surface area contributed by atoms with Crippen molar-refractivity contribution in [2.24, 2.45) is 0 Å². The van der Waals surface area contributed by atoms with Crippen LogP contribution in [0.25, 0.3) is 11.3 Å². The number of hydrogen-bond donors (Lipinski definition) is 1.